The minimum absolute atomic E-state index is 0.133. The molecule has 4 nitrogen and oxygen atoms in total. The molecule has 5 heteroatoms. The van der Waals surface area contributed by atoms with Gasteiger partial charge < -0.3 is 9.47 Å². The molecule has 0 radical (unpaired) electrons. The summed E-state index contributed by atoms with van der Waals surface area (Å²) in [6.45, 7) is 2.78. The molecule has 1 N–H and O–H groups in total. The molecule has 1 rings (SSSR count). The van der Waals surface area contributed by atoms with Gasteiger partial charge in [0.25, 0.3) is 0 Å². The van der Waals surface area contributed by atoms with E-state index in [-0.39, 0.29) is 5.97 Å². The molecule has 1 unspecified atom stereocenters. The summed E-state index contributed by atoms with van der Waals surface area (Å²) in [6, 6.07) is 0.514. The van der Waals surface area contributed by atoms with E-state index in [1.54, 1.807) is 7.11 Å². The topological polar surface area (TPSA) is 47.6 Å². The van der Waals surface area contributed by atoms with Crippen LogP contribution in [0.15, 0.2) is 0 Å². The second kappa shape index (κ2) is 8.82. The molecule has 0 bridgehead atoms. The summed E-state index contributed by atoms with van der Waals surface area (Å²) in [5.41, 5.74) is -0.507. The Morgan fingerprint density at radius 3 is 2.63 bits per heavy atom. The highest BCUT2D eigenvalue weighted by Crippen LogP contribution is 2.26. The van der Waals surface area contributed by atoms with Gasteiger partial charge in [0.15, 0.2) is 0 Å². The summed E-state index contributed by atoms with van der Waals surface area (Å²) in [7, 11) is 3.20. The third-order valence-corrected chi connectivity index (χ3v) is 4.42. The van der Waals surface area contributed by atoms with E-state index in [0.29, 0.717) is 6.04 Å². The van der Waals surface area contributed by atoms with E-state index in [1.807, 2.05) is 18.7 Å². The maximum atomic E-state index is 11.9. The molecule has 1 aliphatic carbocycles. The normalized spacial score (nSPS) is 18.1. The Balaban J connectivity index is 2.19. The third kappa shape index (κ3) is 6.63. The van der Waals surface area contributed by atoms with Crippen LogP contribution >= 0.6 is 11.8 Å². The molecule has 1 saturated carbocycles. The minimum atomic E-state index is -0.507. The lowest BCUT2D eigenvalue weighted by atomic mass is 9.95. The fourth-order valence-corrected chi connectivity index (χ4v) is 2.96. The molecule has 1 atom stereocenters. The SMILES string of the molecule is COCCSCCCCC(C)(NC1CC1)C(=O)OC. The van der Waals surface area contributed by atoms with Crippen LogP contribution in [-0.2, 0) is 14.3 Å². The number of hydrogen-bond donors (Lipinski definition) is 1. The number of ether oxygens (including phenoxy) is 2. The van der Waals surface area contributed by atoms with E-state index in [4.69, 9.17) is 9.47 Å². The zero-order chi connectivity index (χ0) is 14.1. The van der Waals surface area contributed by atoms with E-state index >= 15 is 0 Å². The first-order valence-electron chi connectivity index (χ1n) is 7.05. The van der Waals surface area contributed by atoms with Crippen molar-refractivity contribution >= 4 is 17.7 Å². The fourth-order valence-electron chi connectivity index (χ4n) is 2.06. The van der Waals surface area contributed by atoms with Crippen LogP contribution in [0.5, 0.6) is 0 Å². The molecule has 1 fully saturated rings. The third-order valence-electron chi connectivity index (χ3n) is 3.38. The zero-order valence-corrected chi connectivity index (χ0v) is 13.2. The van der Waals surface area contributed by atoms with Gasteiger partial charge in [0.05, 0.1) is 13.7 Å². The fraction of sp³-hybridized carbons (Fsp3) is 0.929. The number of nitrogens with one attached hydrogen (secondary N) is 1. The van der Waals surface area contributed by atoms with E-state index in [1.165, 1.54) is 20.0 Å². The molecule has 0 saturated heterocycles. The second-order valence-electron chi connectivity index (χ2n) is 5.30. The number of methoxy groups -OCH3 is 2. The number of rotatable bonds is 11. The van der Waals surface area contributed by atoms with Crippen LogP contribution < -0.4 is 5.32 Å². The molecule has 0 aromatic rings. The average molecular weight is 289 g/mol. The quantitative estimate of drug-likeness (QED) is 0.467. The van der Waals surface area contributed by atoms with Crippen molar-refractivity contribution in [3.05, 3.63) is 0 Å². The Labute approximate surface area is 121 Å². The molecule has 0 spiro atoms. The number of unbranched alkanes of at least 4 members (excludes halogenated alkanes) is 1. The summed E-state index contributed by atoms with van der Waals surface area (Å²) in [4.78, 5) is 11.9. The Morgan fingerprint density at radius 2 is 2.05 bits per heavy atom. The van der Waals surface area contributed by atoms with Gasteiger partial charge in [0.2, 0.25) is 0 Å². The first-order chi connectivity index (χ1) is 9.12. The Morgan fingerprint density at radius 1 is 1.32 bits per heavy atom. The highest BCUT2D eigenvalue weighted by molar-refractivity contribution is 7.99. The van der Waals surface area contributed by atoms with Crippen LogP contribution in [0.1, 0.15) is 39.0 Å². The van der Waals surface area contributed by atoms with Crippen LogP contribution in [0.25, 0.3) is 0 Å². The van der Waals surface area contributed by atoms with Crippen LogP contribution in [0.4, 0.5) is 0 Å². The first kappa shape index (κ1) is 16.8. The van der Waals surface area contributed by atoms with Gasteiger partial charge in [-0.3, -0.25) is 10.1 Å². The Hall–Kier alpha value is -0.260. The van der Waals surface area contributed by atoms with Gasteiger partial charge in [-0.25, -0.2) is 0 Å². The molecule has 0 aromatic carbocycles. The smallest absolute Gasteiger partial charge is 0.325 e. The molecule has 0 amide bonds. The van der Waals surface area contributed by atoms with Crippen molar-refractivity contribution in [1.82, 2.24) is 5.32 Å². The molecule has 112 valence electrons. The van der Waals surface area contributed by atoms with Crippen molar-refractivity contribution in [3.8, 4) is 0 Å². The van der Waals surface area contributed by atoms with E-state index in [2.05, 4.69) is 5.32 Å². The molecule has 0 aromatic heterocycles. The monoisotopic (exact) mass is 289 g/mol. The Kier molecular flexibility index (Phi) is 7.80. The van der Waals surface area contributed by atoms with Crippen molar-refractivity contribution in [2.45, 2.75) is 50.6 Å². The van der Waals surface area contributed by atoms with Crippen LogP contribution in [0, 0.1) is 0 Å². The molecule has 1 aliphatic rings. The van der Waals surface area contributed by atoms with Gasteiger partial charge in [0.1, 0.15) is 5.54 Å². The molecule has 19 heavy (non-hydrogen) atoms. The number of hydrogen-bond acceptors (Lipinski definition) is 5. The summed E-state index contributed by atoms with van der Waals surface area (Å²) in [5, 5.41) is 3.43. The van der Waals surface area contributed by atoms with E-state index < -0.39 is 5.54 Å². The minimum Gasteiger partial charge on any atom is -0.468 e. The predicted octanol–water partition coefficient (Wildman–Crippen LogP) is 2.22. The van der Waals surface area contributed by atoms with Crippen molar-refractivity contribution in [2.75, 3.05) is 32.3 Å². The number of thioether (sulfide) groups is 1. The van der Waals surface area contributed by atoms with Crippen LogP contribution in [0.2, 0.25) is 0 Å². The summed E-state index contributed by atoms with van der Waals surface area (Å²) in [6.07, 6.45) is 5.39. The van der Waals surface area contributed by atoms with Crippen molar-refractivity contribution in [1.29, 1.82) is 0 Å². The first-order valence-corrected chi connectivity index (χ1v) is 8.20. The number of carbonyl (C=O) groups is 1. The van der Waals surface area contributed by atoms with E-state index in [0.717, 1.165) is 37.4 Å². The highest BCUT2D eigenvalue weighted by atomic mass is 32.2. The maximum Gasteiger partial charge on any atom is 0.325 e. The number of carbonyl (C=O) groups excluding carboxylic acids is 1. The van der Waals surface area contributed by atoms with Gasteiger partial charge in [-0.1, -0.05) is 6.42 Å². The lowest BCUT2D eigenvalue weighted by Gasteiger charge is -2.28. The largest absolute Gasteiger partial charge is 0.468 e. The van der Waals surface area contributed by atoms with Gasteiger partial charge in [0, 0.05) is 18.9 Å². The maximum absolute atomic E-state index is 11.9. The predicted molar refractivity (Wildman–Crippen MR) is 79.6 cm³/mol. The zero-order valence-electron chi connectivity index (χ0n) is 12.4. The van der Waals surface area contributed by atoms with Gasteiger partial charge in [-0.15, -0.1) is 0 Å². The summed E-state index contributed by atoms with van der Waals surface area (Å²) in [5.74, 6) is 2.04. The van der Waals surface area contributed by atoms with Crippen molar-refractivity contribution in [2.24, 2.45) is 0 Å². The van der Waals surface area contributed by atoms with Gasteiger partial charge in [-0.05, 0) is 38.4 Å². The summed E-state index contributed by atoms with van der Waals surface area (Å²) >= 11 is 1.91. The van der Waals surface area contributed by atoms with Crippen LogP contribution in [0.3, 0.4) is 0 Å². The molecular formula is C14H27NO3S. The highest BCUT2D eigenvalue weighted by Gasteiger charge is 2.38. The summed E-state index contributed by atoms with van der Waals surface area (Å²) < 4.78 is 9.94. The lowest BCUT2D eigenvalue weighted by Crippen LogP contribution is -2.51. The van der Waals surface area contributed by atoms with Crippen molar-refractivity contribution < 1.29 is 14.3 Å². The van der Waals surface area contributed by atoms with Crippen LogP contribution in [-0.4, -0.2) is 49.9 Å². The van der Waals surface area contributed by atoms with Gasteiger partial charge >= 0.3 is 5.97 Å². The molecule has 0 aliphatic heterocycles. The average Bonchev–Trinajstić information content (AvgIpc) is 3.20. The molecular weight excluding hydrogens is 262 g/mol. The van der Waals surface area contributed by atoms with E-state index in [9.17, 15) is 4.79 Å². The molecule has 0 heterocycles. The van der Waals surface area contributed by atoms with Crippen molar-refractivity contribution in [3.63, 3.8) is 0 Å². The Bertz CT molecular complexity index is 271. The standard InChI is InChI=1S/C14H27NO3S/c1-14(13(16)18-3,15-12-6-7-12)8-4-5-10-19-11-9-17-2/h12,15H,4-11H2,1-3H3. The second-order valence-corrected chi connectivity index (χ2v) is 6.53. The van der Waals surface area contributed by atoms with Gasteiger partial charge in [-0.2, -0.15) is 11.8 Å². The lowest BCUT2D eigenvalue weighted by molar-refractivity contribution is -0.148. The number of esters is 1.